The van der Waals surface area contributed by atoms with Crippen molar-refractivity contribution in [3.8, 4) is 11.1 Å². The molecular weight excluding hydrogens is 262 g/mol. The Kier molecular flexibility index (Phi) is 2.92. The summed E-state index contributed by atoms with van der Waals surface area (Å²) >= 11 is 6.01. The summed E-state index contributed by atoms with van der Waals surface area (Å²) in [6.45, 7) is 0. The van der Waals surface area contributed by atoms with Crippen molar-refractivity contribution in [2.45, 2.75) is 0 Å². The minimum absolute atomic E-state index is 0.249. The van der Waals surface area contributed by atoms with Gasteiger partial charge in [-0.15, -0.1) is 4.99 Å². The van der Waals surface area contributed by atoms with Gasteiger partial charge in [-0.05, 0) is 23.8 Å². The van der Waals surface area contributed by atoms with Crippen LogP contribution in [0.1, 0.15) is 0 Å². The number of aliphatic imine (C=N–C) groups is 1. The van der Waals surface area contributed by atoms with Gasteiger partial charge in [0.05, 0.1) is 5.56 Å². The summed E-state index contributed by atoms with van der Waals surface area (Å²) in [7, 11) is 0. The van der Waals surface area contributed by atoms with Gasteiger partial charge < -0.3 is 4.42 Å². The zero-order valence-electron chi connectivity index (χ0n) is 9.76. The summed E-state index contributed by atoms with van der Waals surface area (Å²) in [5, 5.41) is 1.43. The van der Waals surface area contributed by atoms with Crippen molar-refractivity contribution in [3.05, 3.63) is 53.6 Å². The average Bonchev–Trinajstić information content (AvgIpc) is 2.77. The summed E-state index contributed by atoms with van der Waals surface area (Å²) < 4.78 is 5.56. The number of fused-ring (bicyclic) bond motifs is 1. The molecule has 4 heteroatoms. The van der Waals surface area contributed by atoms with Crippen LogP contribution in [-0.4, -0.2) is 6.08 Å². The van der Waals surface area contributed by atoms with Crippen molar-refractivity contribution in [1.82, 2.24) is 0 Å². The SMILES string of the molecule is O=C=Nc1oc2ccc(Cl)cc2c1-c1ccccc1. The first-order valence-corrected chi connectivity index (χ1v) is 6.03. The molecule has 0 spiro atoms. The Hall–Kier alpha value is -2.35. The summed E-state index contributed by atoms with van der Waals surface area (Å²) in [5.74, 6) is 0.249. The topological polar surface area (TPSA) is 42.6 Å². The number of carbonyl (C=O) groups excluding carboxylic acids is 1. The van der Waals surface area contributed by atoms with E-state index in [-0.39, 0.29) is 5.88 Å². The zero-order chi connectivity index (χ0) is 13.2. The molecule has 0 aliphatic carbocycles. The maximum Gasteiger partial charge on any atom is 0.243 e. The predicted octanol–water partition coefficient (Wildman–Crippen LogP) is 4.72. The second kappa shape index (κ2) is 4.73. The van der Waals surface area contributed by atoms with Gasteiger partial charge in [0, 0.05) is 10.4 Å². The van der Waals surface area contributed by atoms with Gasteiger partial charge in [0.2, 0.25) is 12.0 Å². The van der Waals surface area contributed by atoms with Crippen LogP contribution in [0.2, 0.25) is 5.02 Å². The van der Waals surface area contributed by atoms with Gasteiger partial charge in [-0.3, -0.25) is 0 Å². The maximum absolute atomic E-state index is 10.5. The number of rotatable bonds is 2. The van der Waals surface area contributed by atoms with Crippen LogP contribution >= 0.6 is 11.6 Å². The molecule has 2 aromatic carbocycles. The minimum Gasteiger partial charge on any atom is -0.437 e. The van der Waals surface area contributed by atoms with E-state index in [9.17, 15) is 4.79 Å². The largest absolute Gasteiger partial charge is 0.437 e. The van der Waals surface area contributed by atoms with Crippen LogP contribution in [0.3, 0.4) is 0 Å². The molecule has 0 saturated heterocycles. The van der Waals surface area contributed by atoms with E-state index >= 15 is 0 Å². The van der Waals surface area contributed by atoms with Crippen LogP contribution in [0.25, 0.3) is 22.1 Å². The number of benzene rings is 2. The number of halogens is 1. The Morgan fingerprint density at radius 3 is 2.63 bits per heavy atom. The first-order chi connectivity index (χ1) is 9.29. The average molecular weight is 270 g/mol. The van der Waals surface area contributed by atoms with Crippen LogP contribution in [0.15, 0.2) is 57.9 Å². The van der Waals surface area contributed by atoms with E-state index < -0.39 is 0 Å². The molecule has 0 aliphatic heterocycles. The van der Waals surface area contributed by atoms with E-state index in [1.54, 1.807) is 18.2 Å². The maximum atomic E-state index is 10.5. The molecule has 1 heterocycles. The van der Waals surface area contributed by atoms with Crippen molar-refractivity contribution < 1.29 is 9.21 Å². The van der Waals surface area contributed by atoms with Crippen molar-refractivity contribution in [1.29, 1.82) is 0 Å². The van der Waals surface area contributed by atoms with Crippen LogP contribution < -0.4 is 0 Å². The van der Waals surface area contributed by atoms with Gasteiger partial charge in [-0.2, -0.15) is 0 Å². The third-order valence-electron chi connectivity index (χ3n) is 2.84. The normalized spacial score (nSPS) is 10.4. The molecule has 0 fully saturated rings. The Morgan fingerprint density at radius 2 is 1.89 bits per heavy atom. The number of nitrogens with zero attached hydrogens (tertiary/aromatic N) is 1. The lowest BCUT2D eigenvalue weighted by molar-refractivity contribution is 0.561. The highest BCUT2D eigenvalue weighted by molar-refractivity contribution is 6.31. The van der Waals surface area contributed by atoms with E-state index in [1.807, 2.05) is 30.3 Å². The van der Waals surface area contributed by atoms with Crippen molar-refractivity contribution in [2.24, 2.45) is 4.99 Å². The fourth-order valence-corrected chi connectivity index (χ4v) is 2.23. The van der Waals surface area contributed by atoms with Crippen LogP contribution in [0.4, 0.5) is 5.88 Å². The van der Waals surface area contributed by atoms with E-state index in [4.69, 9.17) is 16.0 Å². The van der Waals surface area contributed by atoms with Crippen molar-refractivity contribution in [2.75, 3.05) is 0 Å². The van der Waals surface area contributed by atoms with Gasteiger partial charge in [-0.1, -0.05) is 41.9 Å². The lowest BCUT2D eigenvalue weighted by Gasteiger charge is -1.99. The molecule has 0 amide bonds. The second-order valence-corrected chi connectivity index (χ2v) is 4.43. The highest BCUT2D eigenvalue weighted by Gasteiger charge is 2.15. The quantitative estimate of drug-likeness (QED) is 0.499. The molecule has 3 rings (SSSR count). The molecule has 3 nitrogen and oxygen atoms in total. The molecule has 19 heavy (non-hydrogen) atoms. The van der Waals surface area contributed by atoms with E-state index in [0.29, 0.717) is 10.6 Å². The number of furan rings is 1. The Labute approximate surface area is 114 Å². The van der Waals surface area contributed by atoms with E-state index in [1.165, 1.54) is 6.08 Å². The van der Waals surface area contributed by atoms with Gasteiger partial charge in [-0.25, -0.2) is 4.79 Å². The summed E-state index contributed by atoms with van der Waals surface area (Å²) in [6.07, 6.45) is 1.52. The summed E-state index contributed by atoms with van der Waals surface area (Å²) in [6, 6.07) is 14.9. The lowest BCUT2D eigenvalue weighted by atomic mass is 10.0. The lowest BCUT2D eigenvalue weighted by Crippen LogP contribution is -1.75. The molecule has 0 aliphatic rings. The Balaban J connectivity index is 2.39. The van der Waals surface area contributed by atoms with Gasteiger partial charge >= 0.3 is 0 Å². The van der Waals surface area contributed by atoms with Crippen LogP contribution in [-0.2, 0) is 4.79 Å². The number of isocyanates is 1. The molecule has 0 bridgehead atoms. The first-order valence-electron chi connectivity index (χ1n) is 5.65. The molecule has 0 N–H and O–H groups in total. The van der Waals surface area contributed by atoms with Gasteiger partial charge in [0.15, 0.2) is 0 Å². The van der Waals surface area contributed by atoms with Crippen molar-refractivity contribution >= 4 is 34.5 Å². The molecule has 92 valence electrons. The van der Waals surface area contributed by atoms with E-state index in [0.717, 1.165) is 16.5 Å². The smallest absolute Gasteiger partial charge is 0.243 e. The molecule has 0 radical (unpaired) electrons. The zero-order valence-corrected chi connectivity index (χ0v) is 10.5. The van der Waals surface area contributed by atoms with E-state index in [2.05, 4.69) is 4.99 Å². The second-order valence-electron chi connectivity index (χ2n) is 3.99. The van der Waals surface area contributed by atoms with Crippen LogP contribution in [0, 0.1) is 0 Å². The minimum atomic E-state index is 0.249. The standard InChI is InChI=1S/C15H8ClNO2/c16-11-6-7-13-12(8-11)14(15(19-13)17-9-18)10-4-2-1-3-5-10/h1-8H. The third-order valence-corrected chi connectivity index (χ3v) is 3.08. The number of hydrogen-bond acceptors (Lipinski definition) is 3. The molecule has 3 aromatic rings. The Morgan fingerprint density at radius 1 is 1.11 bits per heavy atom. The molecular formula is C15H8ClNO2. The third kappa shape index (κ3) is 2.06. The number of hydrogen-bond donors (Lipinski definition) is 0. The summed E-state index contributed by atoms with van der Waals surface area (Å²) in [5.41, 5.74) is 2.30. The molecule has 0 saturated carbocycles. The van der Waals surface area contributed by atoms with Crippen LogP contribution in [0.5, 0.6) is 0 Å². The van der Waals surface area contributed by atoms with Gasteiger partial charge in [0.25, 0.3) is 0 Å². The van der Waals surface area contributed by atoms with Gasteiger partial charge in [0.1, 0.15) is 5.58 Å². The van der Waals surface area contributed by atoms with Crippen molar-refractivity contribution in [3.63, 3.8) is 0 Å². The molecule has 0 atom stereocenters. The molecule has 1 aromatic heterocycles. The summed E-state index contributed by atoms with van der Waals surface area (Å²) in [4.78, 5) is 14.2. The highest BCUT2D eigenvalue weighted by atomic mass is 35.5. The molecule has 0 unspecified atom stereocenters. The first kappa shape index (κ1) is 11.7. The fraction of sp³-hybridized carbons (Fsp3) is 0. The predicted molar refractivity (Wildman–Crippen MR) is 74.4 cm³/mol. The monoisotopic (exact) mass is 269 g/mol. The fourth-order valence-electron chi connectivity index (χ4n) is 2.06. The highest BCUT2D eigenvalue weighted by Crippen LogP contribution is 2.40. The Bertz CT molecular complexity index is 787.